The van der Waals surface area contributed by atoms with E-state index in [9.17, 15) is 0 Å². The van der Waals surface area contributed by atoms with E-state index in [2.05, 4.69) is 56.3 Å². The molecule has 32 heavy (non-hydrogen) atoms. The van der Waals surface area contributed by atoms with Gasteiger partial charge in [0.25, 0.3) is 0 Å². The third-order valence-electron chi connectivity index (χ3n) is 7.75. The van der Waals surface area contributed by atoms with Crippen molar-refractivity contribution in [3.63, 3.8) is 0 Å². The number of nitrogens with one attached hydrogen (secondary N) is 1. The zero-order valence-electron chi connectivity index (χ0n) is 20.4. The predicted octanol–water partition coefficient (Wildman–Crippen LogP) is 3.46. The van der Waals surface area contributed by atoms with Crippen molar-refractivity contribution in [3.8, 4) is 5.75 Å². The Balaban J connectivity index is 1.32. The summed E-state index contributed by atoms with van der Waals surface area (Å²) < 4.78 is 5.37. The summed E-state index contributed by atoms with van der Waals surface area (Å²) in [7, 11) is 5.94. The van der Waals surface area contributed by atoms with Gasteiger partial charge >= 0.3 is 0 Å². The van der Waals surface area contributed by atoms with Crippen molar-refractivity contribution in [2.75, 3.05) is 67.0 Å². The first-order chi connectivity index (χ1) is 15.7. The van der Waals surface area contributed by atoms with Crippen molar-refractivity contribution in [3.05, 3.63) is 29.8 Å². The lowest BCUT2D eigenvalue weighted by molar-refractivity contribution is 0.122. The molecule has 3 aliphatic rings. The predicted molar refractivity (Wildman–Crippen MR) is 132 cm³/mol. The molecule has 0 saturated carbocycles. The number of nitrogens with zero attached hydrogens (tertiary/aromatic N) is 4. The topological polar surface area (TPSA) is 43.3 Å². The number of hydrogen-bond acceptors (Lipinski definition) is 4. The van der Waals surface area contributed by atoms with E-state index in [-0.39, 0.29) is 0 Å². The van der Waals surface area contributed by atoms with Gasteiger partial charge in [-0.2, -0.15) is 0 Å². The molecule has 0 spiro atoms. The SMILES string of the molecule is CN=C(NCC1CCCN(C)C1c1ccc(OC)cc1)N1CCC(CN2CCCCC2)C1. The zero-order chi connectivity index (χ0) is 22.3. The fourth-order valence-electron chi connectivity index (χ4n) is 6.04. The zero-order valence-corrected chi connectivity index (χ0v) is 20.4. The summed E-state index contributed by atoms with van der Waals surface area (Å²) in [5.41, 5.74) is 1.39. The Bertz CT molecular complexity index is 730. The number of aliphatic imine (C=N–C) groups is 1. The van der Waals surface area contributed by atoms with E-state index in [0.29, 0.717) is 12.0 Å². The summed E-state index contributed by atoms with van der Waals surface area (Å²) in [6, 6.07) is 9.09. The van der Waals surface area contributed by atoms with Crippen LogP contribution in [-0.2, 0) is 0 Å². The van der Waals surface area contributed by atoms with Crippen LogP contribution in [0.4, 0.5) is 0 Å². The Labute approximate surface area is 195 Å². The van der Waals surface area contributed by atoms with Crippen LogP contribution >= 0.6 is 0 Å². The quantitative estimate of drug-likeness (QED) is 0.541. The Morgan fingerprint density at radius 3 is 2.53 bits per heavy atom. The van der Waals surface area contributed by atoms with Gasteiger partial charge in [-0.15, -0.1) is 0 Å². The molecule has 178 valence electrons. The van der Waals surface area contributed by atoms with Crippen molar-refractivity contribution in [2.45, 2.75) is 44.6 Å². The molecule has 1 aromatic rings. The molecule has 3 heterocycles. The lowest BCUT2D eigenvalue weighted by Gasteiger charge is -2.40. The van der Waals surface area contributed by atoms with Crippen molar-refractivity contribution in [1.82, 2.24) is 20.0 Å². The van der Waals surface area contributed by atoms with Gasteiger partial charge < -0.3 is 19.9 Å². The van der Waals surface area contributed by atoms with Crippen molar-refractivity contribution in [1.29, 1.82) is 0 Å². The third kappa shape index (κ3) is 5.76. The second-order valence-corrected chi connectivity index (χ2v) is 9.99. The molecule has 1 N–H and O–H groups in total. The highest BCUT2D eigenvalue weighted by molar-refractivity contribution is 5.80. The molecule has 3 atom stereocenters. The average Bonchev–Trinajstić information content (AvgIpc) is 3.28. The molecule has 1 aromatic carbocycles. The van der Waals surface area contributed by atoms with Crippen LogP contribution in [0.15, 0.2) is 29.3 Å². The minimum Gasteiger partial charge on any atom is -0.497 e. The van der Waals surface area contributed by atoms with E-state index in [4.69, 9.17) is 4.74 Å². The molecule has 3 saturated heterocycles. The molecular formula is C26H43N5O. The van der Waals surface area contributed by atoms with Gasteiger partial charge in [0, 0.05) is 39.3 Å². The lowest BCUT2D eigenvalue weighted by Crippen LogP contribution is -2.46. The normalized spacial score (nSPS) is 28.2. The Morgan fingerprint density at radius 2 is 1.81 bits per heavy atom. The molecule has 3 aliphatic heterocycles. The molecule has 4 rings (SSSR count). The number of guanidine groups is 1. The number of methoxy groups -OCH3 is 1. The Hall–Kier alpha value is -1.79. The molecule has 6 nitrogen and oxygen atoms in total. The molecule has 3 fully saturated rings. The van der Waals surface area contributed by atoms with Gasteiger partial charge in [-0.1, -0.05) is 18.6 Å². The Kier molecular flexibility index (Phi) is 8.31. The van der Waals surface area contributed by atoms with Crippen LogP contribution in [0, 0.1) is 11.8 Å². The molecule has 0 aromatic heterocycles. The van der Waals surface area contributed by atoms with E-state index in [1.807, 2.05) is 7.05 Å². The molecule has 0 bridgehead atoms. The number of ether oxygens (including phenoxy) is 1. The first-order valence-electron chi connectivity index (χ1n) is 12.7. The molecule has 3 unspecified atom stereocenters. The summed E-state index contributed by atoms with van der Waals surface area (Å²) >= 11 is 0. The maximum atomic E-state index is 5.37. The van der Waals surface area contributed by atoms with Gasteiger partial charge in [0.2, 0.25) is 0 Å². The average molecular weight is 442 g/mol. The fourth-order valence-corrected chi connectivity index (χ4v) is 6.04. The van der Waals surface area contributed by atoms with Crippen LogP contribution in [0.2, 0.25) is 0 Å². The minimum absolute atomic E-state index is 0.436. The number of piperidine rings is 2. The number of rotatable bonds is 6. The minimum atomic E-state index is 0.436. The van der Waals surface area contributed by atoms with E-state index < -0.39 is 0 Å². The maximum absolute atomic E-state index is 5.37. The number of likely N-dealkylation sites (tertiary alicyclic amines) is 3. The van der Waals surface area contributed by atoms with Gasteiger partial charge in [-0.05, 0) is 88.3 Å². The summed E-state index contributed by atoms with van der Waals surface area (Å²) in [4.78, 5) is 12.4. The molecule has 0 radical (unpaired) electrons. The molecular weight excluding hydrogens is 398 g/mol. The molecule has 6 heteroatoms. The van der Waals surface area contributed by atoms with Gasteiger partial charge in [-0.25, -0.2) is 0 Å². The second-order valence-electron chi connectivity index (χ2n) is 9.99. The van der Waals surface area contributed by atoms with Crippen molar-refractivity contribution < 1.29 is 4.74 Å². The van der Waals surface area contributed by atoms with Crippen LogP contribution in [0.3, 0.4) is 0 Å². The van der Waals surface area contributed by atoms with E-state index in [0.717, 1.165) is 43.8 Å². The van der Waals surface area contributed by atoms with Crippen LogP contribution in [-0.4, -0.2) is 87.7 Å². The standard InChI is InChI=1S/C26H43N5O/c1-27-26(31-17-13-21(20-31)19-30-15-5-4-6-16-30)28-18-23-8-7-14-29(2)25(23)22-9-11-24(32-3)12-10-22/h9-12,21,23,25H,4-8,13-20H2,1-3H3,(H,27,28). The first-order valence-corrected chi connectivity index (χ1v) is 12.7. The monoisotopic (exact) mass is 441 g/mol. The van der Waals surface area contributed by atoms with Crippen LogP contribution in [0.25, 0.3) is 0 Å². The van der Waals surface area contributed by atoms with Crippen LogP contribution < -0.4 is 10.1 Å². The second kappa shape index (κ2) is 11.4. The van der Waals surface area contributed by atoms with Crippen molar-refractivity contribution >= 4 is 5.96 Å². The van der Waals surface area contributed by atoms with Gasteiger partial charge in [0.05, 0.1) is 7.11 Å². The highest BCUT2D eigenvalue weighted by atomic mass is 16.5. The largest absolute Gasteiger partial charge is 0.497 e. The molecule has 0 amide bonds. The number of hydrogen-bond donors (Lipinski definition) is 1. The van der Waals surface area contributed by atoms with E-state index in [1.54, 1.807) is 7.11 Å². The van der Waals surface area contributed by atoms with Crippen LogP contribution in [0.1, 0.15) is 50.1 Å². The summed E-state index contributed by atoms with van der Waals surface area (Å²) in [6.45, 7) is 8.26. The van der Waals surface area contributed by atoms with E-state index in [1.165, 1.54) is 63.7 Å². The fraction of sp³-hybridized carbons (Fsp3) is 0.731. The van der Waals surface area contributed by atoms with Gasteiger partial charge in [0.15, 0.2) is 5.96 Å². The van der Waals surface area contributed by atoms with Crippen molar-refractivity contribution in [2.24, 2.45) is 16.8 Å². The first kappa shape index (κ1) is 23.4. The van der Waals surface area contributed by atoms with Gasteiger partial charge in [-0.3, -0.25) is 9.89 Å². The van der Waals surface area contributed by atoms with Crippen LogP contribution in [0.5, 0.6) is 5.75 Å². The van der Waals surface area contributed by atoms with Gasteiger partial charge in [0.1, 0.15) is 5.75 Å². The smallest absolute Gasteiger partial charge is 0.193 e. The lowest BCUT2D eigenvalue weighted by atomic mass is 9.85. The molecule has 0 aliphatic carbocycles. The highest BCUT2D eigenvalue weighted by Gasteiger charge is 2.32. The number of benzene rings is 1. The highest BCUT2D eigenvalue weighted by Crippen LogP contribution is 2.35. The third-order valence-corrected chi connectivity index (χ3v) is 7.75. The Morgan fingerprint density at radius 1 is 1.03 bits per heavy atom. The summed E-state index contributed by atoms with van der Waals surface area (Å²) in [5.74, 6) is 3.37. The summed E-state index contributed by atoms with van der Waals surface area (Å²) in [6.07, 6.45) is 7.98. The van der Waals surface area contributed by atoms with E-state index >= 15 is 0 Å². The summed E-state index contributed by atoms with van der Waals surface area (Å²) in [5, 5.41) is 3.76. The maximum Gasteiger partial charge on any atom is 0.193 e.